The number of aliphatic carboxylic acids is 1. The second-order valence-electron chi connectivity index (χ2n) is 4.25. The predicted octanol–water partition coefficient (Wildman–Crippen LogP) is 0.981. The fourth-order valence-electron chi connectivity index (χ4n) is 2.02. The van der Waals surface area contributed by atoms with E-state index in [1.165, 1.54) is 0 Å². The van der Waals surface area contributed by atoms with Gasteiger partial charge in [0.15, 0.2) is 0 Å². The van der Waals surface area contributed by atoms with Crippen molar-refractivity contribution in [3.05, 3.63) is 29.8 Å². The largest absolute Gasteiger partial charge is 0.497 e. The smallest absolute Gasteiger partial charge is 0.323 e. The predicted molar refractivity (Wildman–Crippen MR) is 65.6 cm³/mol. The molecule has 18 heavy (non-hydrogen) atoms. The fourth-order valence-corrected chi connectivity index (χ4v) is 2.02. The molecule has 1 fully saturated rings. The highest BCUT2D eigenvalue weighted by Crippen LogP contribution is 2.16. The Morgan fingerprint density at radius 3 is 2.83 bits per heavy atom. The van der Waals surface area contributed by atoms with Crippen LogP contribution in [0.25, 0.3) is 0 Å². The third-order valence-electron chi connectivity index (χ3n) is 3.07. The number of hydrogen-bond donors (Lipinski definition) is 1. The lowest BCUT2D eigenvalue weighted by atomic mass is 10.1. The van der Waals surface area contributed by atoms with Gasteiger partial charge in [0.2, 0.25) is 0 Å². The van der Waals surface area contributed by atoms with Gasteiger partial charge in [0, 0.05) is 13.1 Å². The summed E-state index contributed by atoms with van der Waals surface area (Å²) in [6, 6.07) is 7.11. The number of nitrogens with zero attached hydrogens (tertiary/aromatic N) is 1. The molecule has 0 aromatic heterocycles. The van der Waals surface area contributed by atoms with Crippen molar-refractivity contribution in [3.8, 4) is 5.75 Å². The van der Waals surface area contributed by atoms with Crippen LogP contribution in [-0.2, 0) is 16.1 Å². The van der Waals surface area contributed by atoms with Gasteiger partial charge in [-0.1, -0.05) is 12.1 Å². The summed E-state index contributed by atoms with van der Waals surface area (Å²) in [5, 5.41) is 9.13. The van der Waals surface area contributed by atoms with E-state index < -0.39 is 12.0 Å². The quantitative estimate of drug-likeness (QED) is 0.864. The average molecular weight is 251 g/mol. The maximum Gasteiger partial charge on any atom is 0.323 e. The summed E-state index contributed by atoms with van der Waals surface area (Å²) >= 11 is 0. The van der Waals surface area contributed by atoms with Crippen molar-refractivity contribution < 1.29 is 19.4 Å². The van der Waals surface area contributed by atoms with Crippen LogP contribution in [-0.4, -0.2) is 48.9 Å². The van der Waals surface area contributed by atoms with Crippen LogP contribution < -0.4 is 4.74 Å². The standard InChI is InChI=1S/C13H17NO4/c1-17-11-4-2-10(3-5-11)8-14-6-7-18-9-12(14)13(15)16/h2-5,12H,6-9H2,1H3,(H,15,16). The molecule has 1 aromatic carbocycles. The molecule has 0 bridgehead atoms. The maximum atomic E-state index is 11.1. The molecule has 1 saturated heterocycles. The molecule has 98 valence electrons. The van der Waals surface area contributed by atoms with Crippen LogP contribution in [0.3, 0.4) is 0 Å². The Hall–Kier alpha value is -1.59. The van der Waals surface area contributed by atoms with Crippen molar-refractivity contribution in [2.75, 3.05) is 26.9 Å². The number of morpholine rings is 1. The van der Waals surface area contributed by atoms with Crippen molar-refractivity contribution >= 4 is 5.97 Å². The molecule has 0 aliphatic carbocycles. The summed E-state index contributed by atoms with van der Waals surface area (Å²) < 4.78 is 10.3. The van der Waals surface area contributed by atoms with Crippen LogP contribution in [0.4, 0.5) is 0 Å². The highest BCUT2D eigenvalue weighted by molar-refractivity contribution is 5.73. The topological polar surface area (TPSA) is 59.0 Å². The molecule has 1 aromatic rings. The number of benzene rings is 1. The van der Waals surface area contributed by atoms with Gasteiger partial charge in [-0.15, -0.1) is 0 Å². The minimum absolute atomic E-state index is 0.255. The number of carboxylic acids is 1. The zero-order chi connectivity index (χ0) is 13.0. The Balaban J connectivity index is 2.03. The van der Waals surface area contributed by atoms with Crippen molar-refractivity contribution in [3.63, 3.8) is 0 Å². The number of ether oxygens (including phenoxy) is 2. The van der Waals surface area contributed by atoms with Crippen molar-refractivity contribution in [1.82, 2.24) is 4.90 Å². The monoisotopic (exact) mass is 251 g/mol. The summed E-state index contributed by atoms with van der Waals surface area (Å²) in [6.07, 6.45) is 0. The van der Waals surface area contributed by atoms with Gasteiger partial charge in [-0.3, -0.25) is 9.69 Å². The summed E-state index contributed by atoms with van der Waals surface area (Å²) in [5.41, 5.74) is 1.07. The van der Waals surface area contributed by atoms with Gasteiger partial charge < -0.3 is 14.6 Å². The molecule has 1 N–H and O–H groups in total. The van der Waals surface area contributed by atoms with Gasteiger partial charge in [-0.05, 0) is 17.7 Å². The Bertz CT molecular complexity index is 404. The lowest BCUT2D eigenvalue weighted by molar-refractivity contribution is -0.150. The van der Waals surface area contributed by atoms with Gasteiger partial charge in [-0.2, -0.15) is 0 Å². The first kappa shape index (κ1) is 12.9. The zero-order valence-electron chi connectivity index (χ0n) is 10.3. The first-order chi connectivity index (χ1) is 8.70. The van der Waals surface area contributed by atoms with Gasteiger partial charge >= 0.3 is 5.97 Å². The molecule has 2 rings (SSSR count). The average Bonchev–Trinajstić information content (AvgIpc) is 2.40. The summed E-state index contributed by atoms with van der Waals surface area (Å²) in [7, 11) is 1.62. The van der Waals surface area contributed by atoms with E-state index in [9.17, 15) is 4.79 Å². The van der Waals surface area contributed by atoms with Crippen LogP contribution in [0.1, 0.15) is 5.56 Å². The third kappa shape index (κ3) is 3.00. The molecule has 5 heteroatoms. The molecule has 5 nitrogen and oxygen atoms in total. The Labute approximate surface area is 106 Å². The molecular formula is C13H17NO4. The second-order valence-corrected chi connectivity index (χ2v) is 4.25. The number of rotatable bonds is 4. The highest BCUT2D eigenvalue weighted by atomic mass is 16.5. The molecule has 1 heterocycles. The zero-order valence-corrected chi connectivity index (χ0v) is 10.3. The van der Waals surface area contributed by atoms with E-state index in [1.807, 2.05) is 29.2 Å². The van der Waals surface area contributed by atoms with Crippen LogP contribution >= 0.6 is 0 Å². The van der Waals surface area contributed by atoms with Crippen molar-refractivity contribution in [2.24, 2.45) is 0 Å². The van der Waals surface area contributed by atoms with Crippen molar-refractivity contribution in [1.29, 1.82) is 0 Å². The first-order valence-electron chi connectivity index (χ1n) is 5.88. The molecule has 0 radical (unpaired) electrons. The SMILES string of the molecule is COc1ccc(CN2CCOCC2C(=O)O)cc1. The van der Waals surface area contributed by atoms with E-state index in [2.05, 4.69) is 0 Å². The van der Waals surface area contributed by atoms with Gasteiger partial charge in [-0.25, -0.2) is 0 Å². The van der Waals surface area contributed by atoms with E-state index in [4.69, 9.17) is 14.6 Å². The van der Waals surface area contributed by atoms with E-state index in [0.717, 1.165) is 11.3 Å². The molecule has 0 saturated carbocycles. The number of hydrogen-bond acceptors (Lipinski definition) is 4. The number of methoxy groups -OCH3 is 1. The number of carbonyl (C=O) groups is 1. The van der Waals surface area contributed by atoms with Crippen LogP contribution in [0.2, 0.25) is 0 Å². The van der Waals surface area contributed by atoms with Gasteiger partial charge in [0.1, 0.15) is 11.8 Å². The van der Waals surface area contributed by atoms with E-state index in [0.29, 0.717) is 19.7 Å². The van der Waals surface area contributed by atoms with Gasteiger partial charge in [0.25, 0.3) is 0 Å². The number of carboxylic acid groups (broad SMARTS) is 1. The second kappa shape index (κ2) is 5.84. The summed E-state index contributed by atoms with van der Waals surface area (Å²) in [6.45, 7) is 2.10. The summed E-state index contributed by atoms with van der Waals surface area (Å²) in [4.78, 5) is 13.0. The minimum atomic E-state index is -0.830. The molecular weight excluding hydrogens is 234 g/mol. The molecule has 0 spiro atoms. The maximum absolute atomic E-state index is 11.1. The molecule has 1 unspecified atom stereocenters. The van der Waals surface area contributed by atoms with Crippen LogP contribution in [0.5, 0.6) is 5.75 Å². The fraction of sp³-hybridized carbons (Fsp3) is 0.462. The van der Waals surface area contributed by atoms with Crippen molar-refractivity contribution in [2.45, 2.75) is 12.6 Å². The molecule has 1 aliphatic rings. The first-order valence-corrected chi connectivity index (χ1v) is 5.88. The molecule has 0 amide bonds. The molecule has 1 aliphatic heterocycles. The minimum Gasteiger partial charge on any atom is -0.497 e. The van der Waals surface area contributed by atoms with Crippen LogP contribution in [0, 0.1) is 0 Å². The lowest BCUT2D eigenvalue weighted by Crippen LogP contribution is -2.49. The summed E-state index contributed by atoms with van der Waals surface area (Å²) in [5.74, 6) is -0.0290. The molecule has 1 atom stereocenters. The van der Waals surface area contributed by atoms with E-state index >= 15 is 0 Å². The van der Waals surface area contributed by atoms with E-state index in [-0.39, 0.29) is 6.61 Å². The lowest BCUT2D eigenvalue weighted by Gasteiger charge is -2.32. The Kier molecular flexibility index (Phi) is 4.17. The van der Waals surface area contributed by atoms with Crippen LogP contribution in [0.15, 0.2) is 24.3 Å². The highest BCUT2D eigenvalue weighted by Gasteiger charge is 2.28. The third-order valence-corrected chi connectivity index (χ3v) is 3.07. The Morgan fingerprint density at radius 2 is 2.22 bits per heavy atom. The Morgan fingerprint density at radius 1 is 1.50 bits per heavy atom. The van der Waals surface area contributed by atoms with Gasteiger partial charge in [0.05, 0.1) is 20.3 Å². The normalized spacial score (nSPS) is 20.6. The van der Waals surface area contributed by atoms with E-state index in [1.54, 1.807) is 7.11 Å².